The molecule has 0 aliphatic heterocycles. The number of thiazole rings is 1. The van der Waals surface area contributed by atoms with Gasteiger partial charge in [-0.15, -0.1) is 15.7 Å². The van der Waals surface area contributed by atoms with Crippen LogP contribution in [0.5, 0.6) is 0 Å². The third-order valence-electron chi connectivity index (χ3n) is 5.17. The summed E-state index contributed by atoms with van der Waals surface area (Å²) in [4.78, 5) is 29.4. The Kier molecular flexibility index (Phi) is 4.85. The number of amides is 2. The minimum atomic E-state index is -3.59. The summed E-state index contributed by atoms with van der Waals surface area (Å²) in [5, 5.41) is 18.5. The summed E-state index contributed by atoms with van der Waals surface area (Å²) in [5.74, 6) is -0.00627. The molecule has 1 aromatic heterocycles. The number of carbonyl (C=O) groups excluding carboxylic acids is 2. The molecule has 2 aromatic rings. The molecule has 0 unspecified atom stereocenters. The zero-order chi connectivity index (χ0) is 21.0. The summed E-state index contributed by atoms with van der Waals surface area (Å²) in [6.45, 7) is 3.14. The monoisotopic (exact) mass is 434 g/mol. The van der Waals surface area contributed by atoms with Crippen molar-refractivity contribution >= 4 is 38.8 Å². The van der Waals surface area contributed by atoms with Crippen LogP contribution in [0.25, 0.3) is 0 Å². The highest BCUT2D eigenvalue weighted by molar-refractivity contribution is 7.93. The predicted molar refractivity (Wildman–Crippen MR) is 111 cm³/mol. The van der Waals surface area contributed by atoms with Crippen LogP contribution < -0.4 is 10.5 Å². The van der Waals surface area contributed by atoms with Gasteiger partial charge in [0.05, 0.1) is 16.2 Å². The van der Waals surface area contributed by atoms with Gasteiger partial charge in [-0.2, -0.15) is 0 Å². The molecular weight excluding hydrogens is 412 g/mol. The van der Waals surface area contributed by atoms with E-state index in [-0.39, 0.29) is 10.1 Å². The minimum Gasteiger partial charge on any atom is -0.385 e. The first-order chi connectivity index (χ1) is 13.6. The highest BCUT2D eigenvalue weighted by Crippen LogP contribution is 2.38. The van der Waals surface area contributed by atoms with Crippen LogP contribution in [-0.2, 0) is 34.8 Å². The van der Waals surface area contributed by atoms with E-state index in [1.807, 2.05) is 0 Å². The first-order valence-electron chi connectivity index (χ1n) is 9.31. The third kappa shape index (κ3) is 3.73. The molecule has 1 atom stereocenters. The molecule has 0 bridgehead atoms. The number of aryl methyl sites for hydroxylation is 2. The van der Waals surface area contributed by atoms with Crippen molar-refractivity contribution < 1.29 is 18.9 Å². The van der Waals surface area contributed by atoms with Gasteiger partial charge in [0, 0.05) is 18.2 Å². The molecule has 8 nitrogen and oxygen atoms in total. The van der Waals surface area contributed by atoms with Crippen LogP contribution in [0.3, 0.4) is 0 Å². The van der Waals surface area contributed by atoms with Crippen LogP contribution in [0, 0.1) is 0 Å². The van der Waals surface area contributed by atoms with E-state index in [1.54, 1.807) is 13.8 Å². The minimum absolute atomic E-state index is 0.00627. The second-order valence-corrected chi connectivity index (χ2v) is 10.8. The van der Waals surface area contributed by atoms with E-state index in [4.69, 9.17) is 5.14 Å². The Bertz CT molecular complexity index is 1150. The fourth-order valence-corrected chi connectivity index (χ4v) is 5.88. The number of aliphatic hydroxyl groups is 1. The largest absolute Gasteiger partial charge is 0.385 e. The molecule has 2 aliphatic carbocycles. The van der Waals surface area contributed by atoms with Crippen LogP contribution >= 0.6 is 11.3 Å². The smallest absolute Gasteiger partial charge is 0.354 e. The van der Waals surface area contributed by atoms with Crippen molar-refractivity contribution in [1.29, 1.82) is 0 Å². The summed E-state index contributed by atoms with van der Waals surface area (Å²) in [7, 11) is -3.59. The summed E-state index contributed by atoms with van der Waals surface area (Å²) in [6, 6.07) is 1.19. The number of nitrogens with two attached hydrogens (primary N) is 1. The Morgan fingerprint density at radius 2 is 2.07 bits per heavy atom. The molecule has 0 radical (unpaired) electrons. The second-order valence-electron chi connectivity index (χ2n) is 7.84. The van der Waals surface area contributed by atoms with Crippen molar-refractivity contribution in [2.45, 2.75) is 55.9 Å². The van der Waals surface area contributed by atoms with Crippen molar-refractivity contribution in [2.24, 2.45) is 9.50 Å². The number of benzene rings is 1. The Morgan fingerprint density at radius 1 is 1.31 bits per heavy atom. The van der Waals surface area contributed by atoms with Crippen molar-refractivity contribution in [3.8, 4) is 0 Å². The normalized spacial score (nSPS) is 17.6. The average molecular weight is 435 g/mol. The number of urea groups is 1. The highest BCUT2D eigenvalue weighted by atomic mass is 32.2. The number of anilines is 1. The van der Waals surface area contributed by atoms with Gasteiger partial charge in [-0.1, -0.05) is 6.07 Å². The quantitative estimate of drug-likeness (QED) is 0.683. The molecular formula is C19H22N4O4S2. The van der Waals surface area contributed by atoms with Gasteiger partial charge in [-0.05, 0) is 56.2 Å². The molecule has 0 fully saturated rings. The van der Waals surface area contributed by atoms with Crippen LogP contribution in [-0.4, -0.2) is 26.1 Å². The maximum absolute atomic E-state index is 12.8. The Labute approximate surface area is 172 Å². The molecule has 2 aliphatic rings. The lowest BCUT2D eigenvalue weighted by Crippen LogP contribution is -2.19. The number of hydrogen-bond acceptors (Lipinski definition) is 6. The van der Waals surface area contributed by atoms with Crippen molar-refractivity contribution in [3.05, 3.63) is 39.4 Å². The molecule has 10 heteroatoms. The van der Waals surface area contributed by atoms with Gasteiger partial charge in [0.15, 0.2) is 15.7 Å². The number of hydrogen-bond donors (Lipinski definition) is 3. The second kappa shape index (κ2) is 6.98. The summed E-state index contributed by atoms with van der Waals surface area (Å²) in [6.07, 6.45) is 5.08. The van der Waals surface area contributed by atoms with E-state index in [0.29, 0.717) is 29.0 Å². The molecule has 1 aromatic carbocycles. The van der Waals surface area contributed by atoms with Crippen LogP contribution in [0.4, 0.5) is 10.5 Å². The first-order valence-corrected chi connectivity index (χ1v) is 11.7. The fourth-order valence-electron chi connectivity index (χ4n) is 3.80. The molecule has 2 amide bonds. The zero-order valence-electron chi connectivity index (χ0n) is 16.2. The number of ketones is 1. The van der Waals surface area contributed by atoms with Crippen LogP contribution in [0.15, 0.2) is 21.0 Å². The van der Waals surface area contributed by atoms with Crippen molar-refractivity contribution in [2.75, 3.05) is 5.32 Å². The van der Waals surface area contributed by atoms with Gasteiger partial charge >= 0.3 is 6.03 Å². The van der Waals surface area contributed by atoms with Gasteiger partial charge in [0.25, 0.3) is 0 Å². The number of carbonyl (C=O) groups is 2. The van der Waals surface area contributed by atoms with Crippen LogP contribution in [0.1, 0.15) is 58.6 Å². The van der Waals surface area contributed by atoms with Gasteiger partial charge in [0.2, 0.25) is 4.34 Å². The van der Waals surface area contributed by atoms with Crippen molar-refractivity contribution in [1.82, 2.24) is 4.98 Å². The lowest BCUT2D eigenvalue weighted by atomic mass is 9.98. The topological polar surface area (TPSA) is 135 Å². The van der Waals surface area contributed by atoms with E-state index in [2.05, 4.69) is 20.7 Å². The lowest BCUT2D eigenvalue weighted by Gasteiger charge is -2.14. The summed E-state index contributed by atoms with van der Waals surface area (Å²) in [5.41, 5.74) is 2.88. The molecule has 0 saturated heterocycles. The maximum atomic E-state index is 12.8. The number of nitrogens with zero attached hydrogens (tertiary/aromatic N) is 2. The molecule has 0 saturated carbocycles. The van der Waals surface area contributed by atoms with Gasteiger partial charge in [-0.3, -0.25) is 4.79 Å². The average Bonchev–Trinajstić information content (AvgIpc) is 3.33. The van der Waals surface area contributed by atoms with Crippen molar-refractivity contribution in [3.63, 3.8) is 0 Å². The number of rotatable bonds is 3. The molecule has 1 heterocycles. The standard InChI is InChI=1S/C19H22N4O4S2/c1-19(2,26)14-9-21-18(28-14)29(20,27)23-17(25)22-16-12-5-3-4-10(12)8-11-6-7-13(24)15(11)16/h8-9,26H,3-7H2,1-2H3,(H3,20,22,23,25,27)/t29-/m1/s1. The lowest BCUT2D eigenvalue weighted by molar-refractivity contribution is 0.0823. The van der Waals surface area contributed by atoms with Crippen LogP contribution in [0.2, 0.25) is 0 Å². The first kappa shape index (κ1) is 20.1. The molecule has 29 heavy (non-hydrogen) atoms. The summed E-state index contributed by atoms with van der Waals surface area (Å²) >= 11 is 0.946. The third-order valence-corrected chi connectivity index (χ3v) is 8.28. The zero-order valence-corrected chi connectivity index (χ0v) is 17.8. The molecule has 0 spiro atoms. The fraction of sp³-hybridized carbons (Fsp3) is 0.421. The number of nitrogens with one attached hydrogen (secondary N) is 1. The highest BCUT2D eigenvalue weighted by Gasteiger charge is 2.30. The number of fused-ring (bicyclic) bond motifs is 2. The Balaban J connectivity index is 1.68. The maximum Gasteiger partial charge on any atom is 0.354 e. The van der Waals surface area contributed by atoms with E-state index in [9.17, 15) is 18.9 Å². The van der Waals surface area contributed by atoms with Gasteiger partial charge in [-0.25, -0.2) is 19.1 Å². The molecule has 4 rings (SSSR count). The molecule has 4 N–H and O–H groups in total. The summed E-state index contributed by atoms with van der Waals surface area (Å²) < 4.78 is 16.4. The van der Waals surface area contributed by atoms with E-state index < -0.39 is 21.5 Å². The number of aromatic nitrogens is 1. The SMILES string of the molecule is CC(C)(O)c1cnc([S@](N)(=O)=NC(=O)Nc2c3c(cc4c2C(=O)CC4)CCC3)s1. The number of Topliss-reactive ketones (excluding diaryl/α,β-unsaturated/α-hetero) is 1. The van der Waals surface area contributed by atoms with E-state index >= 15 is 0 Å². The van der Waals surface area contributed by atoms with Gasteiger partial charge < -0.3 is 10.4 Å². The Morgan fingerprint density at radius 3 is 2.76 bits per heavy atom. The Hall–Kier alpha value is -2.14. The molecule has 154 valence electrons. The van der Waals surface area contributed by atoms with E-state index in [1.165, 1.54) is 6.20 Å². The van der Waals surface area contributed by atoms with Gasteiger partial charge in [0.1, 0.15) is 0 Å². The van der Waals surface area contributed by atoms with E-state index in [0.717, 1.165) is 47.3 Å². The predicted octanol–water partition coefficient (Wildman–Crippen LogP) is 2.92.